The first-order valence-electron chi connectivity index (χ1n) is 10.3. The monoisotopic (exact) mass is 422 g/mol. The van der Waals surface area contributed by atoms with Gasteiger partial charge in [-0.3, -0.25) is 4.57 Å². The van der Waals surface area contributed by atoms with E-state index in [4.69, 9.17) is 10.5 Å². The van der Waals surface area contributed by atoms with E-state index in [0.717, 1.165) is 33.7 Å². The molecule has 0 atom stereocenters. The van der Waals surface area contributed by atoms with Crippen LogP contribution in [0.4, 0.5) is 0 Å². The molecule has 158 valence electrons. The number of rotatable bonds is 5. The Kier molecular flexibility index (Phi) is 5.05. The highest BCUT2D eigenvalue weighted by Crippen LogP contribution is 2.34. The minimum Gasteiger partial charge on any atom is -0.504 e. The summed E-state index contributed by atoms with van der Waals surface area (Å²) in [6.07, 6.45) is 3.17. The molecular formula is C26H22N4O2. The van der Waals surface area contributed by atoms with Crippen molar-refractivity contribution in [3.8, 4) is 39.6 Å². The van der Waals surface area contributed by atoms with Gasteiger partial charge in [0.05, 0.1) is 19.0 Å². The van der Waals surface area contributed by atoms with E-state index in [9.17, 15) is 5.11 Å². The molecule has 2 aromatic heterocycles. The van der Waals surface area contributed by atoms with Crippen molar-refractivity contribution in [3.63, 3.8) is 0 Å². The van der Waals surface area contributed by atoms with Crippen LogP contribution in [0.15, 0.2) is 85.3 Å². The smallest absolute Gasteiger partial charge is 0.160 e. The first kappa shape index (κ1) is 19.8. The number of imidazole rings is 1. The molecule has 6 heteroatoms. The predicted octanol–water partition coefficient (Wildman–Crippen LogP) is 4.93. The van der Waals surface area contributed by atoms with E-state index in [0.29, 0.717) is 23.3 Å². The lowest BCUT2D eigenvalue weighted by molar-refractivity contribution is 0.415. The highest BCUT2D eigenvalue weighted by Gasteiger charge is 2.16. The number of hydrogen-bond donors (Lipinski definition) is 2. The molecule has 0 amide bonds. The first-order chi connectivity index (χ1) is 15.7. The largest absolute Gasteiger partial charge is 0.504 e. The van der Waals surface area contributed by atoms with Crippen molar-refractivity contribution in [3.05, 3.63) is 90.9 Å². The second-order valence-electron chi connectivity index (χ2n) is 7.44. The summed E-state index contributed by atoms with van der Waals surface area (Å²) in [6.45, 7) is 0.487. The maximum atomic E-state index is 10.6. The SMILES string of the molecule is COc1ccc(-n2cnc3c(-c4ccc(-c5ccccc5CN)cc4)ncc(O)c32)cc1. The van der Waals surface area contributed by atoms with Gasteiger partial charge >= 0.3 is 0 Å². The predicted molar refractivity (Wildman–Crippen MR) is 126 cm³/mol. The third-order valence-electron chi connectivity index (χ3n) is 5.61. The van der Waals surface area contributed by atoms with Gasteiger partial charge in [-0.25, -0.2) is 9.97 Å². The molecular weight excluding hydrogens is 400 g/mol. The number of aromatic nitrogens is 3. The molecule has 0 spiro atoms. The van der Waals surface area contributed by atoms with Gasteiger partial charge < -0.3 is 15.6 Å². The quantitative estimate of drug-likeness (QED) is 0.420. The first-order valence-corrected chi connectivity index (χ1v) is 10.3. The Morgan fingerprint density at radius 2 is 1.62 bits per heavy atom. The Bertz CT molecular complexity index is 1390. The van der Waals surface area contributed by atoms with Crippen molar-refractivity contribution in [2.24, 2.45) is 5.73 Å². The molecule has 32 heavy (non-hydrogen) atoms. The molecule has 6 nitrogen and oxygen atoms in total. The van der Waals surface area contributed by atoms with Crippen LogP contribution in [-0.2, 0) is 6.54 Å². The Labute approximate surface area is 185 Å². The highest BCUT2D eigenvalue weighted by molar-refractivity contribution is 5.94. The third kappa shape index (κ3) is 3.36. The van der Waals surface area contributed by atoms with E-state index in [2.05, 4.69) is 28.2 Å². The van der Waals surface area contributed by atoms with Crippen LogP contribution >= 0.6 is 0 Å². The molecule has 2 heterocycles. The van der Waals surface area contributed by atoms with E-state index in [-0.39, 0.29) is 5.75 Å². The average molecular weight is 422 g/mol. The van der Waals surface area contributed by atoms with Gasteiger partial charge in [-0.2, -0.15) is 0 Å². The molecule has 0 saturated heterocycles. The molecule has 0 saturated carbocycles. The van der Waals surface area contributed by atoms with E-state index in [1.807, 2.05) is 59.2 Å². The molecule has 5 rings (SSSR count). The average Bonchev–Trinajstić information content (AvgIpc) is 3.31. The number of methoxy groups -OCH3 is 1. The summed E-state index contributed by atoms with van der Waals surface area (Å²) in [4.78, 5) is 9.06. The van der Waals surface area contributed by atoms with Crippen molar-refractivity contribution >= 4 is 11.0 Å². The number of ether oxygens (including phenoxy) is 1. The molecule has 0 unspecified atom stereocenters. The fraction of sp³-hybridized carbons (Fsp3) is 0.0769. The van der Waals surface area contributed by atoms with E-state index >= 15 is 0 Å². The number of fused-ring (bicyclic) bond motifs is 1. The number of nitrogens with two attached hydrogens (primary N) is 1. The third-order valence-corrected chi connectivity index (χ3v) is 5.61. The van der Waals surface area contributed by atoms with E-state index in [1.165, 1.54) is 6.20 Å². The van der Waals surface area contributed by atoms with Crippen molar-refractivity contribution in [2.75, 3.05) is 7.11 Å². The van der Waals surface area contributed by atoms with Crippen LogP contribution in [0.25, 0.3) is 39.1 Å². The minimum atomic E-state index is 0.0746. The van der Waals surface area contributed by atoms with Gasteiger partial charge in [-0.1, -0.05) is 48.5 Å². The molecule has 0 bridgehead atoms. The summed E-state index contributed by atoms with van der Waals surface area (Å²) in [5, 5.41) is 10.6. The highest BCUT2D eigenvalue weighted by atomic mass is 16.5. The second kappa shape index (κ2) is 8.17. The number of benzene rings is 3. The van der Waals surface area contributed by atoms with Crippen LogP contribution in [0.1, 0.15) is 5.56 Å². The summed E-state index contributed by atoms with van der Waals surface area (Å²) < 4.78 is 7.09. The molecule has 0 fully saturated rings. The second-order valence-corrected chi connectivity index (χ2v) is 7.44. The van der Waals surface area contributed by atoms with E-state index in [1.54, 1.807) is 13.4 Å². The lowest BCUT2D eigenvalue weighted by Crippen LogP contribution is -1.98. The van der Waals surface area contributed by atoms with E-state index < -0.39 is 0 Å². The zero-order valence-electron chi connectivity index (χ0n) is 17.6. The standard InChI is InChI=1S/C26H22N4O2/c1-32-21-12-10-20(11-13-21)30-16-29-25-24(28-15-23(31)26(25)30)18-8-6-17(7-9-18)22-5-3-2-4-19(22)14-27/h2-13,15-16,31H,14,27H2,1H3. The van der Waals surface area contributed by atoms with Crippen molar-refractivity contribution in [1.82, 2.24) is 14.5 Å². The number of aromatic hydroxyl groups is 1. The zero-order chi connectivity index (χ0) is 22.1. The fourth-order valence-corrected chi connectivity index (χ4v) is 3.95. The van der Waals surface area contributed by atoms with Gasteiger partial charge in [0.15, 0.2) is 5.75 Å². The van der Waals surface area contributed by atoms with Crippen LogP contribution in [-0.4, -0.2) is 26.8 Å². The van der Waals surface area contributed by atoms with Gasteiger partial charge in [-0.15, -0.1) is 0 Å². The Hall–Kier alpha value is -4.16. The molecule has 5 aromatic rings. The number of nitrogens with zero attached hydrogens (tertiary/aromatic N) is 3. The summed E-state index contributed by atoms with van der Waals surface area (Å²) >= 11 is 0. The zero-order valence-corrected chi connectivity index (χ0v) is 17.6. The van der Waals surface area contributed by atoms with Crippen molar-refractivity contribution < 1.29 is 9.84 Å². The topological polar surface area (TPSA) is 86.2 Å². The van der Waals surface area contributed by atoms with Crippen LogP contribution in [0, 0.1) is 0 Å². The molecule has 0 radical (unpaired) electrons. The van der Waals surface area contributed by atoms with Gasteiger partial charge in [0.2, 0.25) is 0 Å². The van der Waals surface area contributed by atoms with Gasteiger partial charge in [-0.05, 0) is 41.0 Å². The van der Waals surface area contributed by atoms with Crippen LogP contribution in [0.2, 0.25) is 0 Å². The maximum Gasteiger partial charge on any atom is 0.160 e. The Morgan fingerprint density at radius 1 is 0.906 bits per heavy atom. The van der Waals surface area contributed by atoms with Crippen molar-refractivity contribution in [1.29, 1.82) is 0 Å². The number of hydrogen-bond acceptors (Lipinski definition) is 5. The summed E-state index contributed by atoms with van der Waals surface area (Å²) in [7, 11) is 1.63. The molecule has 3 N–H and O–H groups in total. The van der Waals surface area contributed by atoms with Crippen molar-refractivity contribution in [2.45, 2.75) is 6.54 Å². The molecule has 0 aliphatic carbocycles. The van der Waals surface area contributed by atoms with Gasteiger partial charge in [0.25, 0.3) is 0 Å². The molecule has 0 aliphatic heterocycles. The summed E-state index contributed by atoms with van der Waals surface area (Å²) in [5.74, 6) is 0.839. The Morgan fingerprint density at radius 3 is 2.34 bits per heavy atom. The fourth-order valence-electron chi connectivity index (χ4n) is 3.95. The minimum absolute atomic E-state index is 0.0746. The summed E-state index contributed by atoms with van der Waals surface area (Å²) in [5.41, 5.74) is 13.0. The lowest BCUT2D eigenvalue weighted by Gasteiger charge is -2.10. The van der Waals surface area contributed by atoms with Gasteiger partial charge in [0.1, 0.15) is 23.1 Å². The van der Waals surface area contributed by atoms with Crippen LogP contribution in [0.5, 0.6) is 11.5 Å². The number of pyridine rings is 1. The summed E-state index contributed by atoms with van der Waals surface area (Å²) in [6, 6.07) is 23.9. The van der Waals surface area contributed by atoms with Gasteiger partial charge in [0, 0.05) is 17.8 Å². The lowest BCUT2D eigenvalue weighted by atomic mass is 9.98. The molecule has 0 aliphatic rings. The van der Waals surface area contributed by atoms with Crippen LogP contribution < -0.4 is 10.5 Å². The van der Waals surface area contributed by atoms with Crippen LogP contribution in [0.3, 0.4) is 0 Å². The maximum absolute atomic E-state index is 10.6. The molecule has 3 aromatic carbocycles. The Balaban J connectivity index is 1.58. The normalized spacial score (nSPS) is 11.1.